The molecule has 5 nitrogen and oxygen atoms in total. The summed E-state index contributed by atoms with van der Waals surface area (Å²) in [5, 5.41) is 0.720. The SMILES string of the molecule is COCc1cnc2c(-c3nc4c(C)c(F)c(C=O)cc4s3)cc(C)cc2n1. The Hall–Kier alpha value is -2.77. The zero-order valence-electron chi connectivity index (χ0n) is 15.0. The maximum atomic E-state index is 14.3. The van der Waals surface area contributed by atoms with E-state index in [1.807, 2.05) is 19.1 Å². The molecule has 0 bridgehead atoms. The van der Waals surface area contributed by atoms with Gasteiger partial charge in [-0.25, -0.2) is 14.4 Å². The molecule has 2 aromatic carbocycles. The maximum Gasteiger partial charge on any atom is 0.153 e. The second-order valence-corrected chi connectivity index (χ2v) is 7.39. The Kier molecular flexibility index (Phi) is 4.41. The standard InChI is InChI=1S/C20H16FN3O2S/c1-10-4-14(19-15(5-10)23-13(7-22-19)9-26-3)20-24-18-11(2)17(21)12(8-25)6-16(18)27-20/h4-8H,9H2,1-3H3. The molecule has 0 saturated carbocycles. The zero-order chi connectivity index (χ0) is 19.1. The Morgan fingerprint density at radius 2 is 2.00 bits per heavy atom. The van der Waals surface area contributed by atoms with E-state index in [0.717, 1.165) is 37.6 Å². The highest BCUT2D eigenvalue weighted by atomic mass is 32.1. The quantitative estimate of drug-likeness (QED) is 0.483. The van der Waals surface area contributed by atoms with Crippen molar-refractivity contribution in [3.8, 4) is 10.6 Å². The van der Waals surface area contributed by atoms with Gasteiger partial charge in [0.15, 0.2) is 6.29 Å². The van der Waals surface area contributed by atoms with Crippen molar-refractivity contribution in [2.75, 3.05) is 7.11 Å². The molecule has 0 fully saturated rings. The Balaban J connectivity index is 1.96. The van der Waals surface area contributed by atoms with Crippen molar-refractivity contribution < 1.29 is 13.9 Å². The van der Waals surface area contributed by atoms with Gasteiger partial charge in [0.05, 0.1) is 45.3 Å². The number of aromatic nitrogens is 3. The average Bonchev–Trinajstić information content (AvgIpc) is 3.08. The lowest BCUT2D eigenvalue weighted by atomic mass is 10.1. The summed E-state index contributed by atoms with van der Waals surface area (Å²) in [5.41, 5.74) is 5.10. The van der Waals surface area contributed by atoms with Gasteiger partial charge < -0.3 is 4.74 Å². The molecule has 2 aromatic heterocycles. The number of hydrogen-bond acceptors (Lipinski definition) is 6. The van der Waals surface area contributed by atoms with E-state index >= 15 is 0 Å². The summed E-state index contributed by atoms with van der Waals surface area (Å²) in [5.74, 6) is -0.521. The van der Waals surface area contributed by atoms with Crippen LogP contribution in [0.5, 0.6) is 0 Å². The minimum Gasteiger partial charge on any atom is -0.378 e. The van der Waals surface area contributed by atoms with E-state index in [4.69, 9.17) is 4.74 Å². The van der Waals surface area contributed by atoms with Crippen molar-refractivity contribution in [2.45, 2.75) is 20.5 Å². The van der Waals surface area contributed by atoms with Gasteiger partial charge in [-0.1, -0.05) is 0 Å². The van der Waals surface area contributed by atoms with Crippen LogP contribution in [0, 0.1) is 19.7 Å². The van der Waals surface area contributed by atoms with Crippen molar-refractivity contribution in [1.29, 1.82) is 0 Å². The molecule has 0 saturated heterocycles. The molecule has 136 valence electrons. The molecule has 0 aliphatic heterocycles. The van der Waals surface area contributed by atoms with Gasteiger partial charge >= 0.3 is 0 Å². The monoisotopic (exact) mass is 381 g/mol. The van der Waals surface area contributed by atoms with Gasteiger partial charge in [-0.2, -0.15) is 0 Å². The van der Waals surface area contributed by atoms with Crippen LogP contribution in [0.4, 0.5) is 4.39 Å². The first kappa shape index (κ1) is 17.6. The maximum absolute atomic E-state index is 14.3. The fraction of sp³-hybridized carbons (Fsp3) is 0.200. The number of rotatable bonds is 4. The lowest BCUT2D eigenvalue weighted by molar-refractivity contribution is 0.112. The molecule has 0 amide bonds. The third kappa shape index (κ3) is 2.98. The Morgan fingerprint density at radius 1 is 1.19 bits per heavy atom. The van der Waals surface area contributed by atoms with Gasteiger partial charge in [-0.15, -0.1) is 11.3 Å². The molecule has 0 aliphatic carbocycles. The second-order valence-electron chi connectivity index (χ2n) is 6.36. The zero-order valence-corrected chi connectivity index (χ0v) is 15.9. The van der Waals surface area contributed by atoms with E-state index in [9.17, 15) is 9.18 Å². The smallest absolute Gasteiger partial charge is 0.153 e. The molecule has 0 aliphatic rings. The molecular weight excluding hydrogens is 365 g/mol. The van der Waals surface area contributed by atoms with Crippen LogP contribution in [0.15, 0.2) is 24.4 Å². The molecule has 0 unspecified atom stereocenters. The van der Waals surface area contributed by atoms with Crippen molar-refractivity contribution in [3.05, 3.63) is 52.6 Å². The van der Waals surface area contributed by atoms with Crippen molar-refractivity contribution in [3.63, 3.8) is 0 Å². The first-order valence-electron chi connectivity index (χ1n) is 8.32. The van der Waals surface area contributed by atoms with E-state index in [1.165, 1.54) is 11.3 Å². The van der Waals surface area contributed by atoms with Crippen LogP contribution in [0.2, 0.25) is 0 Å². The Bertz CT molecular complexity index is 1200. The molecular formula is C20H16FN3O2S. The average molecular weight is 381 g/mol. The predicted octanol–water partition coefficient (Wildman–Crippen LogP) is 4.62. The third-order valence-electron chi connectivity index (χ3n) is 4.37. The number of methoxy groups -OCH3 is 1. The highest BCUT2D eigenvalue weighted by Crippen LogP contribution is 2.36. The van der Waals surface area contributed by atoms with Crippen LogP contribution in [-0.4, -0.2) is 28.3 Å². The lowest BCUT2D eigenvalue weighted by Crippen LogP contribution is -1.96. The van der Waals surface area contributed by atoms with E-state index in [-0.39, 0.29) is 5.56 Å². The molecule has 0 N–H and O–H groups in total. The largest absolute Gasteiger partial charge is 0.378 e. The number of halogens is 1. The van der Waals surface area contributed by atoms with Crippen molar-refractivity contribution in [2.24, 2.45) is 0 Å². The summed E-state index contributed by atoms with van der Waals surface area (Å²) >= 11 is 1.41. The van der Waals surface area contributed by atoms with Gasteiger partial charge in [-0.3, -0.25) is 9.78 Å². The first-order chi connectivity index (χ1) is 13.0. The lowest BCUT2D eigenvalue weighted by Gasteiger charge is -2.06. The van der Waals surface area contributed by atoms with Gasteiger partial charge in [0, 0.05) is 18.2 Å². The van der Waals surface area contributed by atoms with Crippen molar-refractivity contribution >= 4 is 38.9 Å². The summed E-state index contributed by atoms with van der Waals surface area (Å²) in [6.45, 7) is 4.01. The van der Waals surface area contributed by atoms with Gasteiger partial charge in [0.2, 0.25) is 0 Å². The fourth-order valence-corrected chi connectivity index (χ4v) is 4.20. The molecule has 7 heteroatoms. The number of aryl methyl sites for hydroxylation is 2. The molecule has 4 aromatic rings. The molecule has 4 rings (SSSR count). The summed E-state index contributed by atoms with van der Waals surface area (Å²) in [4.78, 5) is 24.9. The third-order valence-corrected chi connectivity index (χ3v) is 5.40. The number of ether oxygens (including phenoxy) is 1. The topological polar surface area (TPSA) is 65.0 Å². The summed E-state index contributed by atoms with van der Waals surface area (Å²) in [6.07, 6.45) is 2.22. The number of benzene rings is 2. The fourth-order valence-electron chi connectivity index (χ4n) is 3.11. The van der Waals surface area contributed by atoms with Gasteiger partial charge in [-0.05, 0) is 37.6 Å². The molecule has 0 spiro atoms. The molecule has 0 radical (unpaired) electrons. The minimum absolute atomic E-state index is 0.0494. The van der Waals surface area contributed by atoms with Gasteiger partial charge in [0.25, 0.3) is 0 Å². The van der Waals surface area contributed by atoms with Crippen LogP contribution >= 0.6 is 11.3 Å². The molecule has 0 atom stereocenters. The van der Waals surface area contributed by atoms with Crippen molar-refractivity contribution in [1.82, 2.24) is 15.0 Å². The van der Waals surface area contributed by atoms with Crippen LogP contribution in [0.1, 0.15) is 27.2 Å². The number of fused-ring (bicyclic) bond motifs is 2. The highest BCUT2D eigenvalue weighted by Gasteiger charge is 2.17. The van der Waals surface area contributed by atoms with Crippen LogP contribution in [0.3, 0.4) is 0 Å². The van der Waals surface area contributed by atoms with E-state index < -0.39 is 5.82 Å². The number of nitrogens with zero attached hydrogens (tertiary/aromatic N) is 3. The van der Waals surface area contributed by atoms with E-state index in [0.29, 0.717) is 24.0 Å². The summed E-state index contributed by atoms with van der Waals surface area (Å²) in [6, 6.07) is 5.51. The Morgan fingerprint density at radius 3 is 2.74 bits per heavy atom. The minimum atomic E-state index is -0.521. The van der Waals surface area contributed by atoms with E-state index in [2.05, 4.69) is 15.0 Å². The molecule has 2 heterocycles. The summed E-state index contributed by atoms with van der Waals surface area (Å²) < 4.78 is 20.2. The number of aldehydes is 1. The number of hydrogen-bond donors (Lipinski definition) is 0. The van der Waals surface area contributed by atoms with Crippen LogP contribution < -0.4 is 0 Å². The van der Waals surface area contributed by atoms with Crippen LogP contribution in [-0.2, 0) is 11.3 Å². The normalized spacial score (nSPS) is 11.4. The number of carbonyl (C=O) groups is 1. The number of thiazole rings is 1. The first-order valence-corrected chi connectivity index (χ1v) is 9.14. The van der Waals surface area contributed by atoms with Crippen LogP contribution in [0.25, 0.3) is 31.8 Å². The van der Waals surface area contributed by atoms with E-state index in [1.54, 1.807) is 26.3 Å². The highest BCUT2D eigenvalue weighted by molar-refractivity contribution is 7.21. The Labute approximate surface area is 158 Å². The number of carbonyl (C=O) groups excluding carboxylic acids is 1. The van der Waals surface area contributed by atoms with Gasteiger partial charge in [0.1, 0.15) is 10.8 Å². The summed E-state index contributed by atoms with van der Waals surface area (Å²) in [7, 11) is 1.61. The molecule has 27 heavy (non-hydrogen) atoms. The second kappa shape index (κ2) is 6.75. The predicted molar refractivity (Wildman–Crippen MR) is 104 cm³/mol.